The van der Waals surface area contributed by atoms with E-state index in [4.69, 9.17) is 0 Å². The summed E-state index contributed by atoms with van der Waals surface area (Å²) in [4.78, 5) is 25.3. The SMILES string of the molecule is CC(=O)c1csc(NC(=O)CC(F)(F)F)n1. The lowest BCUT2D eigenvalue weighted by molar-refractivity contribution is -0.150. The highest BCUT2D eigenvalue weighted by Gasteiger charge is 2.31. The number of nitrogens with one attached hydrogen (secondary N) is 1. The van der Waals surface area contributed by atoms with Crippen LogP contribution in [0, 0.1) is 0 Å². The average molecular weight is 252 g/mol. The second-order valence-electron chi connectivity index (χ2n) is 2.93. The van der Waals surface area contributed by atoms with E-state index in [0.29, 0.717) is 0 Å². The molecule has 1 heterocycles. The van der Waals surface area contributed by atoms with Crippen molar-refractivity contribution in [1.82, 2.24) is 4.98 Å². The molecule has 1 rings (SSSR count). The first-order valence-electron chi connectivity index (χ1n) is 4.11. The van der Waals surface area contributed by atoms with Crippen LogP contribution in [0.2, 0.25) is 0 Å². The highest BCUT2D eigenvalue weighted by molar-refractivity contribution is 7.14. The molecule has 88 valence electrons. The molecule has 0 aliphatic heterocycles. The van der Waals surface area contributed by atoms with E-state index < -0.39 is 18.5 Å². The second-order valence-corrected chi connectivity index (χ2v) is 3.79. The van der Waals surface area contributed by atoms with Crippen molar-refractivity contribution >= 4 is 28.2 Å². The smallest absolute Gasteiger partial charge is 0.302 e. The van der Waals surface area contributed by atoms with E-state index in [-0.39, 0.29) is 16.6 Å². The molecule has 0 radical (unpaired) electrons. The molecule has 0 fully saturated rings. The van der Waals surface area contributed by atoms with Crippen molar-refractivity contribution in [1.29, 1.82) is 0 Å². The predicted octanol–water partition coefficient (Wildman–Crippen LogP) is 2.24. The summed E-state index contributed by atoms with van der Waals surface area (Å²) in [6.07, 6.45) is -6.12. The number of aromatic nitrogens is 1. The van der Waals surface area contributed by atoms with Crippen molar-refractivity contribution in [3.63, 3.8) is 0 Å². The normalized spacial score (nSPS) is 11.2. The number of thiazole rings is 1. The van der Waals surface area contributed by atoms with E-state index in [9.17, 15) is 22.8 Å². The molecule has 1 amide bonds. The van der Waals surface area contributed by atoms with Crippen molar-refractivity contribution in [3.8, 4) is 0 Å². The molecule has 0 spiro atoms. The van der Waals surface area contributed by atoms with Crippen LogP contribution in [0.15, 0.2) is 5.38 Å². The summed E-state index contributed by atoms with van der Waals surface area (Å²) in [5.41, 5.74) is 0.118. The van der Waals surface area contributed by atoms with E-state index in [1.165, 1.54) is 12.3 Å². The Morgan fingerprint density at radius 1 is 1.50 bits per heavy atom. The van der Waals surface area contributed by atoms with E-state index in [0.717, 1.165) is 11.3 Å². The van der Waals surface area contributed by atoms with E-state index in [2.05, 4.69) is 4.98 Å². The van der Waals surface area contributed by atoms with Crippen molar-refractivity contribution in [2.45, 2.75) is 19.5 Å². The van der Waals surface area contributed by atoms with E-state index >= 15 is 0 Å². The molecule has 4 nitrogen and oxygen atoms in total. The molecule has 1 N–H and O–H groups in total. The fraction of sp³-hybridized carbons (Fsp3) is 0.375. The molecule has 0 aromatic carbocycles. The van der Waals surface area contributed by atoms with Gasteiger partial charge in [0.25, 0.3) is 0 Å². The molecule has 1 aromatic rings. The number of rotatable bonds is 3. The summed E-state index contributed by atoms with van der Waals surface area (Å²) in [5, 5.41) is 3.32. The molecule has 0 saturated heterocycles. The Morgan fingerprint density at radius 3 is 2.56 bits per heavy atom. The van der Waals surface area contributed by atoms with Crippen LogP contribution in [0.5, 0.6) is 0 Å². The predicted molar refractivity (Wildman–Crippen MR) is 51.4 cm³/mol. The molecule has 16 heavy (non-hydrogen) atoms. The lowest BCUT2D eigenvalue weighted by Crippen LogP contribution is -2.21. The van der Waals surface area contributed by atoms with Gasteiger partial charge in [0.15, 0.2) is 10.9 Å². The first-order chi connectivity index (χ1) is 7.28. The highest BCUT2D eigenvalue weighted by Crippen LogP contribution is 2.21. The first-order valence-corrected chi connectivity index (χ1v) is 4.99. The number of halogens is 3. The summed E-state index contributed by atoms with van der Waals surface area (Å²) < 4.78 is 35.4. The quantitative estimate of drug-likeness (QED) is 0.839. The molecule has 0 aliphatic carbocycles. The summed E-state index contributed by atoms with van der Waals surface area (Å²) in [5.74, 6) is -1.51. The van der Waals surface area contributed by atoms with Gasteiger partial charge in [-0.2, -0.15) is 13.2 Å². The van der Waals surface area contributed by atoms with Gasteiger partial charge in [0.2, 0.25) is 5.91 Å². The second kappa shape index (κ2) is 4.60. The summed E-state index contributed by atoms with van der Waals surface area (Å²) >= 11 is 0.901. The topological polar surface area (TPSA) is 59.1 Å². The van der Waals surface area contributed by atoms with E-state index in [1.54, 1.807) is 0 Å². The van der Waals surface area contributed by atoms with Gasteiger partial charge in [-0.15, -0.1) is 11.3 Å². The molecule has 0 bridgehead atoms. The zero-order valence-corrected chi connectivity index (χ0v) is 8.91. The van der Waals surface area contributed by atoms with Gasteiger partial charge in [0.05, 0.1) is 0 Å². The average Bonchev–Trinajstić information content (AvgIpc) is 2.48. The molecule has 0 unspecified atom stereocenters. The summed E-state index contributed by atoms with van der Waals surface area (Å²) in [6, 6.07) is 0. The number of hydrogen-bond donors (Lipinski definition) is 1. The minimum atomic E-state index is -4.55. The Labute approximate surface area is 92.5 Å². The maximum Gasteiger partial charge on any atom is 0.397 e. The van der Waals surface area contributed by atoms with Gasteiger partial charge < -0.3 is 5.32 Å². The third kappa shape index (κ3) is 3.97. The minimum absolute atomic E-state index is 0.0144. The lowest BCUT2D eigenvalue weighted by Gasteiger charge is -2.04. The number of nitrogens with zero attached hydrogens (tertiary/aromatic N) is 1. The number of hydrogen-bond acceptors (Lipinski definition) is 4. The maximum absolute atomic E-state index is 11.8. The Balaban J connectivity index is 2.60. The minimum Gasteiger partial charge on any atom is -0.302 e. The third-order valence-corrected chi connectivity index (χ3v) is 2.23. The number of ketones is 1. The fourth-order valence-corrected chi connectivity index (χ4v) is 1.60. The third-order valence-electron chi connectivity index (χ3n) is 1.47. The van der Waals surface area contributed by atoms with Crippen LogP contribution in [-0.4, -0.2) is 22.9 Å². The first kappa shape index (κ1) is 12.6. The molecular formula is C8H7F3N2O2S. The van der Waals surface area contributed by atoms with E-state index in [1.807, 2.05) is 5.32 Å². The van der Waals surface area contributed by atoms with Crippen LogP contribution in [0.3, 0.4) is 0 Å². The summed E-state index contributed by atoms with van der Waals surface area (Å²) in [6.45, 7) is 1.27. The molecule has 8 heteroatoms. The van der Waals surface area contributed by atoms with Crippen LogP contribution in [0.1, 0.15) is 23.8 Å². The van der Waals surface area contributed by atoms with Crippen molar-refractivity contribution < 1.29 is 22.8 Å². The van der Waals surface area contributed by atoms with Crippen LogP contribution in [0.25, 0.3) is 0 Å². The fourth-order valence-electron chi connectivity index (χ4n) is 0.838. The van der Waals surface area contributed by atoms with Crippen molar-refractivity contribution in [2.24, 2.45) is 0 Å². The van der Waals surface area contributed by atoms with Gasteiger partial charge in [-0.05, 0) is 0 Å². The van der Waals surface area contributed by atoms with Gasteiger partial charge in [-0.3, -0.25) is 9.59 Å². The van der Waals surface area contributed by atoms with Gasteiger partial charge in [0.1, 0.15) is 12.1 Å². The van der Waals surface area contributed by atoms with Gasteiger partial charge in [-0.25, -0.2) is 4.98 Å². The Bertz CT molecular complexity index is 414. The van der Waals surface area contributed by atoms with Crippen LogP contribution >= 0.6 is 11.3 Å². The lowest BCUT2D eigenvalue weighted by atomic mass is 10.4. The Hall–Kier alpha value is -1.44. The van der Waals surface area contributed by atoms with Crippen molar-refractivity contribution in [3.05, 3.63) is 11.1 Å². The molecule has 0 saturated carbocycles. The molecule has 1 aromatic heterocycles. The van der Waals surface area contributed by atoms with Crippen LogP contribution in [0.4, 0.5) is 18.3 Å². The molecule has 0 atom stereocenters. The van der Waals surface area contributed by atoms with Gasteiger partial charge in [-0.1, -0.05) is 0 Å². The van der Waals surface area contributed by atoms with Crippen LogP contribution < -0.4 is 5.32 Å². The maximum atomic E-state index is 11.8. The number of Topliss-reactive ketones (excluding diaryl/α,β-unsaturated/α-hetero) is 1. The van der Waals surface area contributed by atoms with Gasteiger partial charge >= 0.3 is 6.18 Å². The van der Waals surface area contributed by atoms with Gasteiger partial charge in [0, 0.05) is 12.3 Å². The highest BCUT2D eigenvalue weighted by atomic mass is 32.1. The molecular weight excluding hydrogens is 245 g/mol. The largest absolute Gasteiger partial charge is 0.397 e. The molecule has 0 aliphatic rings. The standard InChI is InChI=1S/C8H7F3N2O2S/c1-4(14)5-3-16-7(12-5)13-6(15)2-8(9,10)11/h3H,2H2,1H3,(H,12,13,15). The number of carbonyl (C=O) groups is 2. The van der Waals surface area contributed by atoms with Crippen LogP contribution in [-0.2, 0) is 4.79 Å². The monoisotopic (exact) mass is 252 g/mol. The number of amides is 1. The Kier molecular flexibility index (Phi) is 3.63. The zero-order valence-electron chi connectivity index (χ0n) is 8.09. The van der Waals surface area contributed by atoms with Crippen molar-refractivity contribution in [2.75, 3.05) is 5.32 Å². The summed E-state index contributed by atoms with van der Waals surface area (Å²) in [7, 11) is 0. The number of alkyl halides is 3. The zero-order chi connectivity index (χ0) is 12.3. The number of carbonyl (C=O) groups excluding carboxylic acids is 2. The number of anilines is 1. The Morgan fingerprint density at radius 2 is 2.12 bits per heavy atom.